The summed E-state index contributed by atoms with van der Waals surface area (Å²) in [7, 11) is 0. The van der Waals surface area contributed by atoms with Gasteiger partial charge >= 0.3 is 0 Å². The molecule has 0 spiro atoms. The summed E-state index contributed by atoms with van der Waals surface area (Å²) in [5, 5.41) is 18.5. The number of benzene rings is 1. The van der Waals surface area contributed by atoms with Gasteiger partial charge in [-0.15, -0.1) is 0 Å². The van der Waals surface area contributed by atoms with Crippen LogP contribution in [0.5, 0.6) is 17.2 Å². The van der Waals surface area contributed by atoms with E-state index in [4.69, 9.17) is 4.74 Å². The lowest BCUT2D eigenvalue weighted by molar-refractivity contribution is 0.308. The largest absolute Gasteiger partial charge is 0.504 e. The Morgan fingerprint density at radius 2 is 1.79 bits per heavy atom. The SMILES string of the molecule is CC.CCOc1cc(C)cc(O)c1O. The Hall–Kier alpha value is -1.38. The lowest BCUT2D eigenvalue weighted by Gasteiger charge is -2.07. The molecule has 0 saturated heterocycles. The molecular weight excluding hydrogens is 180 g/mol. The van der Waals surface area contributed by atoms with Crippen LogP contribution in [0.15, 0.2) is 12.1 Å². The van der Waals surface area contributed by atoms with Crippen LogP contribution in [0.2, 0.25) is 0 Å². The normalized spacial score (nSPS) is 8.86. The van der Waals surface area contributed by atoms with Gasteiger partial charge in [-0.25, -0.2) is 0 Å². The van der Waals surface area contributed by atoms with Crippen LogP contribution in [-0.4, -0.2) is 16.8 Å². The van der Waals surface area contributed by atoms with Gasteiger partial charge in [0.05, 0.1) is 6.61 Å². The molecule has 80 valence electrons. The van der Waals surface area contributed by atoms with E-state index in [0.717, 1.165) is 5.56 Å². The van der Waals surface area contributed by atoms with Crippen LogP contribution in [0, 0.1) is 6.92 Å². The van der Waals surface area contributed by atoms with E-state index in [2.05, 4.69) is 0 Å². The zero-order valence-electron chi connectivity index (χ0n) is 9.16. The summed E-state index contributed by atoms with van der Waals surface area (Å²) in [5.41, 5.74) is 0.855. The monoisotopic (exact) mass is 198 g/mol. The standard InChI is InChI=1S/C9H12O3.C2H6/c1-3-12-8-5-6(2)4-7(10)9(8)11;1-2/h4-5,10-11H,3H2,1-2H3;1-2H3. The third kappa shape index (κ3) is 3.17. The van der Waals surface area contributed by atoms with E-state index in [1.165, 1.54) is 6.07 Å². The number of aromatic hydroxyl groups is 2. The third-order valence-corrected chi connectivity index (χ3v) is 1.50. The number of aryl methyl sites for hydroxylation is 1. The van der Waals surface area contributed by atoms with Gasteiger partial charge in [-0.1, -0.05) is 13.8 Å². The average Bonchev–Trinajstić information content (AvgIpc) is 2.17. The van der Waals surface area contributed by atoms with Crippen LogP contribution in [0.3, 0.4) is 0 Å². The minimum Gasteiger partial charge on any atom is -0.504 e. The van der Waals surface area contributed by atoms with Crippen molar-refractivity contribution in [2.24, 2.45) is 0 Å². The van der Waals surface area contributed by atoms with Gasteiger partial charge in [-0.2, -0.15) is 0 Å². The molecule has 0 unspecified atom stereocenters. The van der Waals surface area contributed by atoms with Gasteiger partial charge < -0.3 is 14.9 Å². The molecule has 1 aromatic rings. The van der Waals surface area contributed by atoms with E-state index in [-0.39, 0.29) is 11.5 Å². The molecule has 0 aliphatic heterocycles. The lowest BCUT2D eigenvalue weighted by atomic mass is 10.2. The predicted molar refractivity (Wildman–Crippen MR) is 57.0 cm³/mol. The van der Waals surface area contributed by atoms with Crippen molar-refractivity contribution in [1.82, 2.24) is 0 Å². The Morgan fingerprint density at radius 1 is 1.21 bits per heavy atom. The first-order valence-electron chi connectivity index (χ1n) is 4.80. The van der Waals surface area contributed by atoms with Crippen LogP contribution in [0.1, 0.15) is 26.3 Å². The number of rotatable bonds is 2. The number of phenolic OH excluding ortho intramolecular Hbond substituents is 2. The molecular formula is C11H18O3. The van der Waals surface area contributed by atoms with E-state index in [9.17, 15) is 10.2 Å². The molecule has 3 nitrogen and oxygen atoms in total. The molecule has 0 aromatic heterocycles. The van der Waals surface area contributed by atoms with Crippen molar-refractivity contribution in [1.29, 1.82) is 0 Å². The van der Waals surface area contributed by atoms with Crippen molar-refractivity contribution in [3.63, 3.8) is 0 Å². The smallest absolute Gasteiger partial charge is 0.200 e. The van der Waals surface area contributed by atoms with E-state index < -0.39 is 0 Å². The second kappa shape index (κ2) is 6.13. The maximum atomic E-state index is 9.28. The summed E-state index contributed by atoms with van der Waals surface area (Å²) in [6, 6.07) is 3.16. The van der Waals surface area contributed by atoms with Gasteiger partial charge in [-0.3, -0.25) is 0 Å². The summed E-state index contributed by atoms with van der Waals surface area (Å²) in [6.07, 6.45) is 0. The Labute approximate surface area is 85.0 Å². The van der Waals surface area contributed by atoms with E-state index >= 15 is 0 Å². The van der Waals surface area contributed by atoms with Crippen molar-refractivity contribution in [3.05, 3.63) is 17.7 Å². The van der Waals surface area contributed by atoms with Crippen molar-refractivity contribution in [2.75, 3.05) is 6.61 Å². The van der Waals surface area contributed by atoms with Gasteiger partial charge in [0.1, 0.15) is 0 Å². The first-order chi connectivity index (χ1) is 6.65. The van der Waals surface area contributed by atoms with Gasteiger partial charge in [-0.05, 0) is 31.5 Å². The minimum absolute atomic E-state index is 0.140. The van der Waals surface area contributed by atoms with E-state index in [1.54, 1.807) is 6.07 Å². The van der Waals surface area contributed by atoms with Crippen LogP contribution in [0.4, 0.5) is 0 Å². The number of hydrogen-bond acceptors (Lipinski definition) is 3. The fourth-order valence-electron chi connectivity index (χ4n) is 0.993. The highest BCUT2D eigenvalue weighted by atomic mass is 16.5. The molecule has 0 aliphatic rings. The fourth-order valence-corrected chi connectivity index (χ4v) is 0.993. The third-order valence-electron chi connectivity index (χ3n) is 1.50. The highest BCUT2D eigenvalue weighted by Gasteiger charge is 2.07. The van der Waals surface area contributed by atoms with E-state index in [0.29, 0.717) is 12.4 Å². The Kier molecular flexibility index (Phi) is 5.53. The Bertz CT molecular complexity index is 282. The minimum atomic E-state index is -0.192. The second-order valence-electron chi connectivity index (χ2n) is 2.56. The summed E-state index contributed by atoms with van der Waals surface area (Å²) in [4.78, 5) is 0. The molecule has 3 heteroatoms. The molecule has 0 saturated carbocycles. The maximum Gasteiger partial charge on any atom is 0.200 e. The Morgan fingerprint density at radius 3 is 2.29 bits per heavy atom. The first kappa shape index (κ1) is 12.6. The molecule has 1 aromatic carbocycles. The molecule has 14 heavy (non-hydrogen) atoms. The summed E-state index contributed by atoms with van der Waals surface area (Å²) in [6.45, 7) is 8.11. The second-order valence-corrected chi connectivity index (χ2v) is 2.56. The molecule has 0 bridgehead atoms. The number of hydrogen-bond donors (Lipinski definition) is 2. The van der Waals surface area contributed by atoms with Crippen molar-refractivity contribution in [2.45, 2.75) is 27.7 Å². The van der Waals surface area contributed by atoms with Crippen molar-refractivity contribution >= 4 is 0 Å². The predicted octanol–water partition coefficient (Wildman–Crippen LogP) is 2.83. The highest BCUT2D eigenvalue weighted by molar-refractivity contribution is 5.51. The number of phenols is 2. The topological polar surface area (TPSA) is 49.7 Å². The van der Waals surface area contributed by atoms with Crippen molar-refractivity contribution in [3.8, 4) is 17.2 Å². The summed E-state index contributed by atoms with van der Waals surface area (Å²) >= 11 is 0. The first-order valence-corrected chi connectivity index (χ1v) is 4.80. The molecule has 0 atom stereocenters. The lowest BCUT2D eigenvalue weighted by Crippen LogP contribution is -1.92. The van der Waals surface area contributed by atoms with Gasteiger partial charge in [0, 0.05) is 0 Å². The Balaban J connectivity index is 0.000000791. The molecule has 0 heterocycles. The van der Waals surface area contributed by atoms with Gasteiger partial charge in [0.2, 0.25) is 5.75 Å². The van der Waals surface area contributed by atoms with Gasteiger partial charge in [0.15, 0.2) is 11.5 Å². The van der Waals surface area contributed by atoms with Gasteiger partial charge in [0.25, 0.3) is 0 Å². The molecule has 0 radical (unpaired) electrons. The molecule has 0 aliphatic carbocycles. The summed E-state index contributed by atoms with van der Waals surface area (Å²) in [5.74, 6) is -0.00380. The van der Waals surface area contributed by atoms with E-state index in [1.807, 2.05) is 27.7 Å². The maximum absolute atomic E-state index is 9.28. The summed E-state index contributed by atoms with van der Waals surface area (Å²) < 4.78 is 5.09. The number of ether oxygens (including phenoxy) is 1. The fraction of sp³-hybridized carbons (Fsp3) is 0.455. The van der Waals surface area contributed by atoms with Crippen LogP contribution in [0.25, 0.3) is 0 Å². The van der Waals surface area contributed by atoms with Crippen LogP contribution in [-0.2, 0) is 0 Å². The average molecular weight is 198 g/mol. The van der Waals surface area contributed by atoms with Crippen LogP contribution < -0.4 is 4.74 Å². The molecule has 0 fully saturated rings. The van der Waals surface area contributed by atoms with Crippen LogP contribution >= 0.6 is 0 Å². The van der Waals surface area contributed by atoms with Crippen molar-refractivity contribution < 1.29 is 14.9 Å². The quantitative estimate of drug-likeness (QED) is 0.718. The molecule has 0 amide bonds. The molecule has 2 N–H and O–H groups in total. The highest BCUT2D eigenvalue weighted by Crippen LogP contribution is 2.36. The zero-order chi connectivity index (χ0) is 11.1. The molecule has 1 rings (SSSR count). The zero-order valence-corrected chi connectivity index (χ0v) is 9.16.